The molecule has 0 saturated heterocycles. The van der Waals surface area contributed by atoms with Crippen LogP contribution in [0.25, 0.3) is 0 Å². The van der Waals surface area contributed by atoms with Crippen molar-refractivity contribution in [3.63, 3.8) is 0 Å². The number of rotatable bonds is 12. The molecule has 154 valence electrons. The molecule has 0 saturated carbocycles. The van der Waals surface area contributed by atoms with E-state index in [-0.39, 0.29) is 17.3 Å². The molecule has 2 aromatic rings. The first-order valence-electron chi connectivity index (χ1n) is 9.98. The second-order valence-corrected chi connectivity index (χ2v) is 6.49. The van der Waals surface area contributed by atoms with E-state index in [0.717, 1.165) is 31.8 Å². The number of esters is 1. The van der Waals surface area contributed by atoms with Gasteiger partial charge in [-0.15, -0.1) is 0 Å². The van der Waals surface area contributed by atoms with Gasteiger partial charge in [0.25, 0.3) is 0 Å². The fourth-order valence-electron chi connectivity index (χ4n) is 2.62. The molecular formula is C24H28O5. The molecule has 0 unspecified atom stereocenters. The minimum Gasteiger partial charge on any atom is -0.489 e. The predicted octanol–water partition coefficient (Wildman–Crippen LogP) is 5.37. The lowest BCUT2D eigenvalue weighted by Gasteiger charge is -2.19. The first-order chi connectivity index (χ1) is 14.1. The van der Waals surface area contributed by atoms with Crippen LogP contribution in [0.4, 0.5) is 0 Å². The quantitative estimate of drug-likeness (QED) is 0.159. The highest BCUT2D eigenvalue weighted by Crippen LogP contribution is 2.41. The molecule has 5 heteroatoms. The molecule has 0 fully saturated rings. The molecule has 0 heterocycles. The van der Waals surface area contributed by atoms with Crippen LogP contribution in [-0.4, -0.2) is 25.0 Å². The van der Waals surface area contributed by atoms with Crippen molar-refractivity contribution < 1.29 is 23.8 Å². The Hall–Kier alpha value is -3.08. The molecule has 5 nitrogen and oxygen atoms in total. The fraction of sp³-hybridized carbons (Fsp3) is 0.333. The Balaban J connectivity index is 2.52. The summed E-state index contributed by atoms with van der Waals surface area (Å²) in [6, 6.07) is 12.1. The van der Waals surface area contributed by atoms with E-state index in [0.29, 0.717) is 30.1 Å². The smallest absolute Gasteiger partial charge is 0.335 e. The van der Waals surface area contributed by atoms with E-state index in [1.165, 1.54) is 0 Å². The van der Waals surface area contributed by atoms with Crippen LogP contribution in [0.2, 0.25) is 0 Å². The predicted molar refractivity (Wildman–Crippen MR) is 113 cm³/mol. The van der Waals surface area contributed by atoms with Crippen LogP contribution < -0.4 is 14.2 Å². The van der Waals surface area contributed by atoms with Gasteiger partial charge in [0.2, 0.25) is 5.75 Å². The third-order valence-corrected chi connectivity index (χ3v) is 4.22. The number of benzene rings is 2. The van der Waals surface area contributed by atoms with Crippen molar-refractivity contribution in [1.82, 2.24) is 0 Å². The molecule has 0 bridgehead atoms. The molecule has 0 atom stereocenters. The summed E-state index contributed by atoms with van der Waals surface area (Å²) >= 11 is 0. The van der Waals surface area contributed by atoms with Crippen LogP contribution in [0.5, 0.6) is 17.2 Å². The maximum absolute atomic E-state index is 13.1. The zero-order chi connectivity index (χ0) is 21.1. The Bertz CT molecular complexity index is 827. The van der Waals surface area contributed by atoms with Gasteiger partial charge in [0.1, 0.15) is 0 Å². The highest BCUT2D eigenvalue weighted by atomic mass is 16.6. The van der Waals surface area contributed by atoms with E-state index >= 15 is 0 Å². The standard InChI is InChI=1S/C24H28O5/c1-4-7-16-27-23-19(22(26)18-12-10-9-11-13-18)14-15-20(29-21(25)6-3)24(23)28-17-8-5-2/h6,9-15H,3-5,7-8,16-17H2,1-2H3. The van der Waals surface area contributed by atoms with Crippen molar-refractivity contribution in [3.05, 3.63) is 66.2 Å². The van der Waals surface area contributed by atoms with Crippen LogP contribution >= 0.6 is 0 Å². The van der Waals surface area contributed by atoms with Gasteiger partial charge in [0.15, 0.2) is 17.3 Å². The van der Waals surface area contributed by atoms with Crippen LogP contribution in [0.1, 0.15) is 55.5 Å². The van der Waals surface area contributed by atoms with Gasteiger partial charge in [0, 0.05) is 11.6 Å². The maximum atomic E-state index is 13.1. The third-order valence-electron chi connectivity index (χ3n) is 4.22. The zero-order valence-corrected chi connectivity index (χ0v) is 17.1. The van der Waals surface area contributed by atoms with E-state index in [4.69, 9.17) is 14.2 Å². The van der Waals surface area contributed by atoms with Crippen LogP contribution in [0, 0.1) is 0 Å². The summed E-state index contributed by atoms with van der Waals surface area (Å²) in [6.45, 7) is 8.38. The zero-order valence-electron chi connectivity index (χ0n) is 17.1. The normalized spacial score (nSPS) is 10.3. The Morgan fingerprint density at radius 3 is 2.10 bits per heavy atom. The van der Waals surface area contributed by atoms with E-state index in [2.05, 4.69) is 20.4 Å². The van der Waals surface area contributed by atoms with Gasteiger partial charge in [-0.2, -0.15) is 0 Å². The van der Waals surface area contributed by atoms with Crippen molar-refractivity contribution >= 4 is 11.8 Å². The highest BCUT2D eigenvalue weighted by molar-refractivity contribution is 6.11. The maximum Gasteiger partial charge on any atom is 0.335 e. The SMILES string of the molecule is C=CC(=O)Oc1ccc(C(=O)c2ccccc2)c(OCCCC)c1OCCCC. The minimum absolute atomic E-state index is 0.181. The number of hydrogen-bond acceptors (Lipinski definition) is 5. The summed E-state index contributed by atoms with van der Waals surface area (Å²) in [4.78, 5) is 24.9. The Morgan fingerprint density at radius 1 is 0.897 bits per heavy atom. The lowest BCUT2D eigenvalue weighted by Crippen LogP contribution is -2.12. The number of carbonyl (C=O) groups excluding carboxylic acids is 2. The molecular weight excluding hydrogens is 368 g/mol. The summed E-state index contributed by atoms with van der Waals surface area (Å²) in [6.07, 6.45) is 4.61. The molecule has 2 rings (SSSR count). The largest absolute Gasteiger partial charge is 0.489 e. The lowest BCUT2D eigenvalue weighted by atomic mass is 10.0. The van der Waals surface area contributed by atoms with Gasteiger partial charge in [-0.25, -0.2) is 4.79 Å². The Labute approximate surface area is 172 Å². The number of hydrogen-bond donors (Lipinski definition) is 0. The summed E-state index contributed by atoms with van der Waals surface area (Å²) in [5.41, 5.74) is 0.917. The number of ketones is 1. The molecule has 0 radical (unpaired) electrons. The van der Waals surface area contributed by atoms with Gasteiger partial charge in [-0.3, -0.25) is 4.79 Å². The molecule has 0 N–H and O–H groups in total. The molecule has 29 heavy (non-hydrogen) atoms. The van der Waals surface area contributed by atoms with Gasteiger partial charge < -0.3 is 14.2 Å². The van der Waals surface area contributed by atoms with Gasteiger partial charge >= 0.3 is 5.97 Å². The number of unbranched alkanes of at least 4 members (excludes halogenated alkanes) is 2. The second kappa shape index (κ2) is 11.7. The summed E-state index contributed by atoms with van der Waals surface area (Å²) in [5.74, 6) is -0.00237. The second-order valence-electron chi connectivity index (χ2n) is 6.49. The van der Waals surface area contributed by atoms with Crippen LogP contribution in [-0.2, 0) is 4.79 Å². The minimum atomic E-state index is -0.605. The van der Waals surface area contributed by atoms with E-state index in [1.54, 1.807) is 24.3 Å². The van der Waals surface area contributed by atoms with Crippen molar-refractivity contribution in [2.75, 3.05) is 13.2 Å². The lowest BCUT2D eigenvalue weighted by molar-refractivity contribution is -0.129. The van der Waals surface area contributed by atoms with Crippen molar-refractivity contribution in [2.24, 2.45) is 0 Å². The summed E-state index contributed by atoms with van der Waals surface area (Å²) in [7, 11) is 0. The van der Waals surface area contributed by atoms with E-state index in [9.17, 15) is 9.59 Å². The molecule has 0 spiro atoms. The first-order valence-corrected chi connectivity index (χ1v) is 9.98. The molecule has 2 aromatic carbocycles. The Kier molecular flexibility index (Phi) is 8.96. The van der Waals surface area contributed by atoms with E-state index in [1.807, 2.05) is 18.2 Å². The number of ether oxygens (including phenoxy) is 3. The van der Waals surface area contributed by atoms with Gasteiger partial charge in [-0.05, 0) is 25.0 Å². The average molecular weight is 396 g/mol. The average Bonchev–Trinajstić information content (AvgIpc) is 2.75. The van der Waals surface area contributed by atoms with Gasteiger partial charge in [0.05, 0.1) is 18.8 Å². The molecule has 0 aromatic heterocycles. The molecule has 0 aliphatic heterocycles. The van der Waals surface area contributed by atoms with Gasteiger partial charge in [-0.1, -0.05) is 63.6 Å². The van der Waals surface area contributed by atoms with Crippen molar-refractivity contribution in [1.29, 1.82) is 0 Å². The van der Waals surface area contributed by atoms with Crippen molar-refractivity contribution in [3.8, 4) is 17.2 Å². The summed E-state index contributed by atoms with van der Waals surface area (Å²) in [5, 5.41) is 0. The first kappa shape index (κ1) is 22.2. The fourth-order valence-corrected chi connectivity index (χ4v) is 2.62. The topological polar surface area (TPSA) is 61.8 Å². The van der Waals surface area contributed by atoms with Crippen LogP contribution in [0.3, 0.4) is 0 Å². The highest BCUT2D eigenvalue weighted by Gasteiger charge is 2.24. The third kappa shape index (κ3) is 6.21. The summed E-state index contributed by atoms with van der Waals surface area (Å²) < 4.78 is 17.2. The van der Waals surface area contributed by atoms with Crippen molar-refractivity contribution in [2.45, 2.75) is 39.5 Å². The van der Waals surface area contributed by atoms with E-state index < -0.39 is 5.97 Å². The number of carbonyl (C=O) groups is 2. The monoisotopic (exact) mass is 396 g/mol. The molecule has 0 aliphatic rings. The Morgan fingerprint density at radius 2 is 1.52 bits per heavy atom. The van der Waals surface area contributed by atoms with Crippen LogP contribution in [0.15, 0.2) is 55.1 Å². The molecule has 0 amide bonds. The molecule has 0 aliphatic carbocycles.